The number of hydrogen-bond donors (Lipinski definition) is 2. The Kier molecular flexibility index (Phi) is 7.29. The minimum absolute atomic E-state index is 0.248. The fourth-order valence-corrected chi connectivity index (χ4v) is 2.66. The van der Waals surface area contributed by atoms with Crippen molar-refractivity contribution in [2.24, 2.45) is 0 Å². The molecule has 134 valence electrons. The fraction of sp³-hybridized carbons (Fsp3) is 0.350. The summed E-state index contributed by atoms with van der Waals surface area (Å²) in [4.78, 5) is 14.6. The highest BCUT2D eigenvalue weighted by Crippen LogP contribution is 2.22. The molecule has 0 aliphatic rings. The van der Waals surface area contributed by atoms with Crippen LogP contribution in [0.4, 0.5) is 10.5 Å². The minimum atomic E-state index is -0.248. The van der Waals surface area contributed by atoms with Gasteiger partial charge >= 0.3 is 6.03 Å². The lowest BCUT2D eigenvalue weighted by Crippen LogP contribution is -2.29. The first-order valence-corrected chi connectivity index (χ1v) is 8.64. The van der Waals surface area contributed by atoms with Crippen LogP contribution in [-0.2, 0) is 13.1 Å². The molecular formula is C20H27N3O2. The smallest absolute Gasteiger partial charge is 0.319 e. The van der Waals surface area contributed by atoms with Crippen LogP contribution >= 0.6 is 0 Å². The zero-order valence-corrected chi connectivity index (χ0v) is 15.2. The number of carbonyl (C=O) groups excluding carboxylic acids is 1. The molecule has 2 N–H and O–H groups in total. The van der Waals surface area contributed by atoms with E-state index in [0.29, 0.717) is 18.0 Å². The molecule has 5 heteroatoms. The van der Waals surface area contributed by atoms with Crippen molar-refractivity contribution in [3.8, 4) is 5.75 Å². The van der Waals surface area contributed by atoms with Crippen molar-refractivity contribution in [3.63, 3.8) is 0 Å². The first kappa shape index (κ1) is 18.8. The van der Waals surface area contributed by atoms with Gasteiger partial charge in [-0.15, -0.1) is 0 Å². The van der Waals surface area contributed by atoms with Crippen molar-refractivity contribution in [2.75, 3.05) is 25.5 Å². The molecule has 0 bridgehead atoms. The van der Waals surface area contributed by atoms with Gasteiger partial charge in [0.25, 0.3) is 0 Å². The molecule has 2 amide bonds. The molecular weight excluding hydrogens is 314 g/mol. The molecule has 0 aliphatic carbocycles. The van der Waals surface area contributed by atoms with Crippen LogP contribution < -0.4 is 15.4 Å². The predicted molar refractivity (Wildman–Crippen MR) is 102 cm³/mol. The number of urea groups is 1. The van der Waals surface area contributed by atoms with Gasteiger partial charge in [0, 0.05) is 13.1 Å². The molecule has 0 saturated carbocycles. The monoisotopic (exact) mass is 341 g/mol. The summed E-state index contributed by atoms with van der Waals surface area (Å²) in [7, 11) is 1.59. The summed E-state index contributed by atoms with van der Waals surface area (Å²) < 4.78 is 5.25. The number of para-hydroxylation sites is 2. The van der Waals surface area contributed by atoms with Gasteiger partial charge in [0.15, 0.2) is 0 Å². The van der Waals surface area contributed by atoms with Gasteiger partial charge in [0.05, 0.1) is 12.8 Å². The number of nitrogens with zero attached hydrogens (tertiary/aromatic N) is 1. The van der Waals surface area contributed by atoms with Gasteiger partial charge in [-0.25, -0.2) is 4.79 Å². The van der Waals surface area contributed by atoms with Crippen LogP contribution in [0, 0.1) is 0 Å². The summed E-state index contributed by atoms with van der Waals surface area (Å²) in [5, 5.41) is 5.75. The second-order valence-electron chi connectivity index (χ2n) is 5.74. The SMILES string of the molecule is CCN(CC)Cc1ccccc1CNC(=O)Nc1ccccc1OC. The van der Waals surface area contributed by atoms with Crippen LogP contribution in [0.25, 0.3) is 0 Å². The molecule has 0 radical (unpaired) electrons. The number of carbonyl (C=O) groups is 1. The largest absolute Gasteiger partial charge is 0.495 e. The quantitative estimate of drug-likeness (QED) is 0.766. The van der Waals surface area contributed by atoms with Gasteiger partial charge in [-0.2, -0.15) is 0 Å². The number of amides is 2. The lowest BCUT2D eigenvalue weighted by atomic mass is 10.1. The van der Waals surface area contributed by atoms with Gasteiger partial charge in [-0.3, -0.25) is 4.90 Å². The molecule has 2 rings (SSSR count). The molecule has 25 heavy (non-hydrogen) atoms. The summed E-state index contributed by atoms with van der Waals surface area (Å²) in [6, 6.07) is 15.3. The van der Waals surface area contributed by atoms with Gasteiger partial charge in [-0.1, -0.05) is 50.2 Å². The second-order valence-corrected chi connectivity index (χ2v) is 5.74. The van der Waals surface area contributed by atoms with Crippen LogP contribution in [0.2, 0.25) is 0 Å². The average molecular weight is 341 g/mol. The van der Waals surface area contributed by atoms with Crippen molar-refractivity contribution in [3.05, 3.63) is 59.7 Å². The first-order valence-electron chi connectivity index (χ1n) is 8.64. The molecule has 2 aromatic carbocycles. The Morgan fingerprint density at radius 1 is 1.00 bits per heavy atom. The standard InChI is InChI=1S/C20H27N3O2/c1-4-23(5-2)15-17-11-7-6-10-16(17)14-21-20(24)22-18-12-8-9-13-19(18)25-3/h6-13H,4-5,14-15H2,1-3H3,(H2,21,22,24). The topological polar surface area (TPSA) is 53.6 Å². The van der Waals surface area contributed by atoms with E-state index in [1.54, 1.807) is 7.11 Å². The van der Waals surface area contributed by atoms with Crippen molar-refractivity contribution in [2.45, 2.75) is 26.9 Å². The maximum atomic E-state index is 12.2. The van der Waals surface area contributed by atoms with Crippen molar-refractivity contribution in [1.29, 1.82) is 0 Å². The number of anilines is 1. The van der Waals surface area contributed by atoms with E-state index in [1.807, 2.05) is 36.4 Å². The van der Waals surface area contributed by atoms with Crippen molar-refractivity contribution < 1.29 is 9.53 Å². The zero-order valence-electron chi connectivity index (χ0n) is 15.2. The number of ether oxygens (including phenoxy) is 1. The maximum absolute atomic E-state index is 12.2. The van der Waals surface area contributed by atoms with E-state index in [-0.39, 0.29) is 6.03 Å². The molecule has 0 saturated heterocycles. The Bertz CT molecular complexity index is 684. The normalized spacial score (nSPS) is 10.6. The lowest BCUT2D eigenvalue weighted by Gasteiger charge is -2.20. The van der Waals surface area contributed by atoms with Crippen LogP contribution in [0.5, 0.6) is 5.75 Å². The Morgan fingerprint density at radius 2 is 1.64 bits per heavy atom. The summed E-state index contributed by atoms with van der Waals surface area (Å²) >= 11 is 0. The first-order chi connectivity index (χ1) is 12.2. The Labute approximate surface area is 150 Å². The van der Waals surface area contributed by atoms with Crippen LogP contribution in [0.1, 0.15) is 25.0 Å². The van der Waals surface area contributed by atoms with Gasteiger partial charge < -0.3 is 15.4 Å². The molecule has 0 spiro atoms. The van der Waals surface area contributed by atoms with Crippen LogP contribution in [0.3, 0.4) is 0 Å². The van der Waals surface area contributed by atoms with E-state index < -0.39 is 0 Å². The molecule has 0 unspecified atom stereocenters. The van der Waals surface area contributed by atoms with E-state index in [0.717, 1.165) is 25.2 Å². The summed E-state index contributed by atoms with van der Waals surface area (Å²) in [6.07, 6.45) is 0. The van der Waals surface area contributed by atoms with Crippen molar-refractivity contribution >= 4 is 11.7 Å². The molecule has 0 atom stereocenters. The maximum Gasteiger partial charge on any atom is 0.319 e. The Hall–Kier alpha value is -2.53. The van der Waals surface area contributed by atoms with E-state index in [4.69, 9.17) is 4.74 Å². The van der Waals surface area contributed by atoms with Gasteiger partial charge in [0.1, 0.15) is 5.75 Å². The third-order valence-electron chi connectivity index (χ3n) is 4.20. The van der Waals surface area contributed by atoms with Gasteiger partial charge in [-0.05, 0) is 36.3 Å². The molecule has 2 aromatic rings. The summed E-state index contributed by atoms with van der Waals surface area (Å²) in [5.41, 5.74) is 3.02. The van der Waals surface area contributed by atoms with E-state index in [1.165, 1.54) is 5.56 Å². The Balaban J connectivity index is 1.98. The Morgan fingerprint density at radius 3 is 2.32 bits per heavy atom. The second kappa shape index (κ2) is 9.69. The van der Waals surface area contributed by atoms with Gasteiger partial charge in [0.2, 0.25) is 0 Å². The van der Waals surface area contributed by atoms with E-state index in [2.05, 4.69) is 41.5 Å². The molecule has 0 heterocycles. The van der Waals surface area contributed by atoms with Crippen LogP contribution in [-0.4, -0.2) is 31.1 Å². The predicted octanol–water partition coefficient (Wildman–Crippen LogP) is 3.86. The number of rotatable bonds is 8. The third kappa shape index (κ3) is 5.50. The van der Waals surface area contributed by atoms with Crippen LogP contribution in [0.15, 0.2) is 48.5 Å². The summed E-state index contributed by atoms with van der Waals surface area (Å²) in [5.74, 6) is 0.639. The number of methoxy groups -OCH3 is 1. The minimum Gasteiger partial charge on any atom is -0.495 e. The molecule has 0 aliphatic heterocycles. The lowest BCUT2D eigenvalue weighted by molar-refractivity contribution is 0.251. The number of hydrogen-bond acceptors (Lipinski definition) is 3. The molecule has 0 aromatic heterocycles. The fourth-order valence-electron chi connectivity index (χ4n) is 2.66. The molecule has 5 nitrogen and oxygen atoms in total. The highest BCUT2D eigenvalue weighted by Gasteiger charge is 2.09. The number of nitrogens with one attached hydrogen (secondary N) is 2. The van der Waals surface area contributed by atoms with E-state index in [9.17, 15) is 4.79 Å². The summed E-state index contributed by atoms with van der Waals surface area (Å²) in [6.45, 7) is 7.70. The highest BCUT2D eigenvalue weighted by molar-refractivity contribution is 5.90. The number of benzene rings is 2. The van der Waals surface area contributed by atoms with E-state index >= 15 is 0 Å². The third-order valence-corrected chi connectivity index (χ3v) is 4.20. The average Bonchev–Trinajstić information content (AvgIpc) is 2.65. The molecule has 0 fully saturated rings. The van der Waals surface area contributed by atoms with Crippen molar-refractivity contribution in [1.82, 2.24) is 10.2 Å². The zero-order chi connectivity index (χ0) is 18.1. The highest BCUT2D eigenvalue weighted by atomic mass is 16.5.